The molecule has 4 fully saturated rings. The van der Waals surface area contributed by atoms with Gasteiger partial charge in [0.1, 0.15) is 0 Å². The summed E-state index contributed by atoms with van der Waals surface area (Å²) >= 11 is 1.82. The van der Waals surface area contributed by atoms with Gasteiger partial charge in [-0.2, -0.15) is 9.40 Å². The summed E-state index contributed by atoms with van der Waals surface area (Å²) < 4.78 is 31.1. The zero-order chi connectivity index (χ0) is 38.8. The summed E-state index contributed by atoms with van der Waals surface area (Å²) in [5.41, 5.74) is 3.33. The summed E-state index contributed by atoms with van der Waals surface area (Å²) in [4.78, 5) is 37.1. The third-order valence-corrected chi connectivity index (χ3v) is 15.8. The smallest absolute Gasteiger partial charge is 0.329 e. The van der Waals surface area contributed by atoms with Crippen LogP contribution in [0.15, 0.2) is 53.6 Å². The fourth-order valence-electron chi connectivity index (χ4n) is 9.26. The van der Waals surface area contributed by atoms with E-state index in [4.69, 9.17) is 0 Å². The van der Waals surface area contributed by atoms with Crippen LogP contribution in [-0.4, -0.2) is 96.7 Å². The van der Waals surface area contributed by atoms with Crippen molar-refractivity contribution in [2.45, 2.75) is 88.4 Å². The molecule has 3 amide bonds. The predicted octanol–water partition coefficient (Wildman–Crippen LogP) is 6.56. The average molecular weight is 801 g/mol. The molecule has 4 saturated heterocycles. The lowest BCUT2D eigenvalue weighted by Crippen LogP contribution is -2.49. The number of anilines is 2. The lowest BCUT2D eigenvalue weighted by Gasteiger charge is -2.38. The number of likely N-dealkylation sites (tertiary alicyclic amines) is 1. The minimum atomic E-state index is -3.52. The van der Waals surface area contributed by atoms with Crippen LogP contribution in [0.2, 0.25) is 0 Å². The normalized spacial score (nSPS) is 20.3. The first-order chi connectivity index (χ1) is 27.1. The van der Waals surface area contributed by atoms with Crippen LogP contribution in [0.3, 0.4) is 0 Å². The second-order valence-corrected chi connectivity index (χ2v) is 19.4. The quantitative estimate of drug-likeness (QED) is 0.171. The SMILES string of the molecule is CCc1cnc(CCCC2CCN(S(=O)(=O)c3cccc(N4CCC(CN5CCC(c6ccc7c(N8CCC(=O)NC8=O)nn(C)c7c6)CC5)CC4)c3)CC2)s1. The number of benzene rings is 2. The molecule has 2 aromatic heterocycles. The summed E-state index contributed by atoms with van der Waals surface area (Å²) in [5, 5.41) is 9.21. The molecule has 0 radical (unpaired) electrons. The van der Waals surface area contributed by atoms with Crippen molar-refractivity contribution < 1.29 is 18.0 Å². The molecule has 0 bridgehead atoms. The number of aryl methyl sites for hydroxylation is 3. The van der Waals surface area contributed by atoms with Crippen molar-refractivity contribution >= 4 is 55.7 Å². The molecular weight excluding hydrogens is 745 g/mol. The third kappa shape index (κ3) is 8.53. The molecule has 4 aliphatic rings. The van der Waals surface area contributed by atoms with Crippen LogP contribution in [0.25, 0.3) is 10.9 Å². The van der Waals surface area contributed by atoms with Gasteiger partial charge in [0.25, 0.3) is 0 Å². The summed E-state index contributed by atoms with van der Waals surface area (Å²) in [5.74, 6) is 2.05. The number of thiazole rings is 1. The Morgan fingerprint density at radius 2 is 1.66 bits per heavy atom. The summed E-state index contributed by atoms with van der Waals surface area (Å²) in [7, 11) is -1.61. The third-order valence-electron chi connectivity index (χ3n) is 12.7. The minimum absolute atomic E-state index is 0.247. The number of hydrogen-bond donors (Lipinski definition) is 1. The minimum Gasteiger partial charge on any atom is -0.371 e. The number of aromatic nitrogens is 3. The molecular formula is C42H56N8O4S2. The maximum Gasteiger partial charge on any atom is 0.329 e. The van der Waals surface area contributed by atoms with Gasteiger partial charge in [-0.3, -0.25) is 19.7 Å². The second kappa shape index (κ2) is 16.9. The van der Waals surface area contributed by atoms with Gasteiger partial charge in [0.2, 0.25) is 15.9 Å². The van der Waals surface area contributed by atoms with E-state index < -0.39 is 16.1 Å². The summed E-state index contributed by atoms with van der Waals surface area (Å²) in [6, 6.07) is 13.7. The van der Waals surface area contributed by atoms with Crippen LogP contribution in [0, 0.1) is 11.8 Å². The largest absolute Gasteiger partial charge is 0.371 e. The molecule has 1 N–H and O–H groups in total. The van der Waals surface area contributed by atoms with Gasteiger partial charge in [0.15, 0.2) is 5.82 Å². The Labute approximate surface area is 335 Å². The molecule has 0 aliphatic carbocycles. The van der Waals surface area contributed by atoms with Gasteiger partial charge in [0, 0.05) is 74.9 Å². The van der Waals surface area contributed by atoms with Crippen molar-refractivity contribution in [2.75, 3.05) is 62.2 Å². The Hall–Kier alpha value is -3.85. The van der Waals surface area contributed by atoms with Crippen LogP contribution in [0.1, 0.15) is 86.1 Å². The molecule has 300 valence electrons. The number of imide groups is 1. The van der Waals surface area contributed by atoms with E-state index in [2.05, 4.69) is 56.4 Å². The highest BCUT2D eigenvalue weighted by Crippen LogP contribution is 2.35. The van der Waals surface area contributed by atoms with Crippen molar-refractivity contribution in [3.8, 4) is 0 Å². The van der Waals surface area contributed by atoms with Crippen LogP contribution in [-0.2, 0) is 34.7 Å². The molecule has 0 spiro atoms. The number of sulfonamides is 1. The molecule has 56 heavy (non-hydrogen) atoms. The molecule has 8 rings (SSSR count). The average Bonchev–Trinajstić information content (AvgIpc) is 3.82. The van der Waals surface area contributed by atoms with E-state index in [0.717, 1.165) is 114 Å². The number of carbonyl (C=O) groups is 2. The van der Waals surface area contributed by atoms with E-state index >= 15 is 0 Å². The highest BCUT2D eigenvalue weighted by molar-refractivity contribution is 7.89. The van der Waals surface area contributed by atoms with Crippen molar-refractivity contribution in [2.24, 2.45) is 18.9 Å². The zero-order valence-electron chi connectivity index (χ0n) is 32.9. The number of nitrogens with zero attached hydrogens (tertiary/aromatic N) is 7. The highest BCUT2D eigenvalue weighted by atomic mass is 32.2. The number of rotatable bonds is 12. The molecule has 0 saturated carbocycles. The number of nitrogens with one attached hydrogen (secondary N) is 1. The number of amides is 3. The van der Waals surface area contributed by atoms with Gasteiger partial charge in [-0.1, -0.05) is 19.1 Å². The standard InChI is InChI=1S/C42H56N8O4S2/c1-3-35-28-43-40(55-35)9-4-6-30-14-23-49(24-15-30)56(53,54)36-8-5-7-34(27-36)48-21-12-31(13-22-48)29-47-19-16-32(17-20-47)33-10-11-37-38(26-33)46(2)45-41(37)50-25-18-39(51)44-42(50)52/h5,7-8,10-11,26-28,30-32H,3-4,6,9,12-25,29H2,1-2H3,(H,44,51,52). The van der Waals surface area contributed by atoms with Crippen LogP contribution in [0.4, 0.5) is 16.3 Å². The fourth-order valence-corrected chi connectivity index (χ4v) is 11.7. The van der Waals surface area contributed by atoms with Crippen molar-refractivity contribution in [1.29, 1.82) is 0 Å². The molecule has 4 aliphatic heterocycles. The lowest BCUT2D eigenvalue weighted by molar-refractivity contribution is -0.120. The summed E-state index contributed by atoms with van der Waals surface area (Å²) in [6.07, 6.45) is 12.9. The van der Waals surface area contributed by atoms with Gasteiger partial charge in [-0.15, -0.1) is 11.3 Å². The Bertz CT molecular complexity index is 2130. The maximum atomic E-state index is 13.8. The van der Waals surface area contributed by atoms with Crippen molar-refractivity contribution in [3.05, 3.63) is 64.1 Å². The lowest BCUT2D eigenvalue weighted by atomic mass is 9.88. The van der Waals surface area contributed by atoms with E-state index in [0.29, 0.717) is 48.1 Å². The van der Waals surface area contributed by atoms with E-state index in [1.54, 1.807) is 15.3 Å². The van der Waals surface area contributed by atoms with E-state index in [9.17, 15) is 18.0 Å². The molecule has 12 nitrogen and oxygen atoms in total. The highest BCUT2D eigenvalue weighted by Gasteiger charge is 2.32. The van der Waals surface area contributed by atoms with E-state index in [1.165, 1.54) is 15.4 Å². The Kier molecular flexibility index (Phi) is 11.8. The Morgan fingerprint density at radius 1 is 0.893 bits per heavy atom. The Morgan fingerprint density at radius 3 is 2.39 bits per heavy atom. The number of carbonyl (C=O) groups excluding carboxylic acids is 2. The first-order valence-electron chi connectivity index (χ1n) is 20.7. The van der Waals surface area contributed by atoms with Crippen LogP contribution in [0.5, 0.6) is 0 Å². The second-order valence-electron chi connectivity index (χ2n) is 16.3. The first kappa shape index (κ1) is 39.0. The van der Waals surface area contributed by atoms with Gasteiger partial charge in [-0.25, -0.2) is 18.2 Å². The van der Waals surface area contributed by atoms with Gasteiger partial charge < -0.3 is 9.80 Å². The zero-order valence-corrected chi connectivity index (χ0v) is 34.5. The number of fused-ring (bicyclic) bond motifs is 1. The fraction of sp³-hybridized carbons (Fsp3) is 0.571. The molecule has 0 atom stereocenters. The molecule has 4 aromatic rings. The van der Waals surface area contributed by atoms with Crippen LogP contribution >= 0.6 is 11.3 Å². The van der Waals surface area contributed by atoms with Gasteiger partial charge in [-0.05, 0) is 131 Å². The molecule has 6 heterocycles. The maximum absolute atomic E-state index is 13.8. The topological polar surface area (TPSA) is 124 Å². The van der Waals surface area contributed by atoms with Gasteiger partial charge in [0.05, 0.1) is 15.4 Å². The number of hydrogen-bond acceptors (Lipinski definition) is 9. The van der Waals surface area contributed by atoms with Crippen molar-refractivity contribution in [3.63, 3.8) is 0 Å². The number of urea groups is 1. The van der Waals surface area contributed by atoms with E-state index in [1.807, 2.05) is 41.4 Å². The van der Waals surface area contributed by atoms with E-state index in [-0.39, 0.29) is 12.3 Å². The summed E-state index contributed by atoms with van der Waals surface area (Å²) in [6.45, 7) is 8.85. The molecule has 14 heteroatoms. The Balaban J connectivity index is 0.785. The first-order valence-corrected chi connectivity index (χ1v) is 23.0. The molecule has 2 aromatic carbocycles. The van der Waals surface area contributed by atoms with Gasteiger partial charge >= 0.3 is 6.03 Å². The predicted molar refractivity (Wildman–Crippen MR) is 222 cm³/mol. The monoisotopic (exact) mass is 800 g/mol. The van der Waals surface area contributed by atoms with Crippen LogP contribution < -0.4 is 15.1 Å². The molecule has 0 unspecified atom stereocenters. The number of piperidine rings is 3. The van der Waals surface area contributed by atoms with Crippen molar-refractivity contribution in [1.82, 2.24) is 29.3 Å².